The molecule has 4 heteroatoms. The number of nitrogens with two attached hydrogens (primary N) is 1. The van der Waals surface area contributed by atoms with Crippen LogP contribution >= 0.6 is 0 Å². The number of piperazine rings is 1. The summed E-state index contributed by atoms with van der Waals surface area (Å²) in [4.78, 5) is 17.2. The predicted octanol–water partition coefficient (Wildman–Crippen LogP) is 1.30. The van der Waals surface area contributed by atoms with Crippen LogP contribution in [0.1, 0.15) is 39.0 Å². The van der Waals surface area contributed by atoms with Gasteiger partial charge in [0.1, 0.15) is 0 Å². The monoisotopic (exact) mass is 267 g/mol. The van der Waals surface area contributed by atoms with Gasteiger partial charge in [0.25, 0.3) is 0 Å². The molecule has 1 aliphatic heterocycles. The molecule has 2 fully saturated rings. The van der Waals surface area contributed by atoms with E-state index in [1.165, 1.54) is 12.8 Å². The van der Waals surface area contributed by atoms with E-state index in [-0.39, 0.29) is 5.92 Å². The zero-order valence-electron chi connectivity index (χ0n) is 12.5. The molecule has 0 radical (unpaired) electrons. The summed E-state index contributed by atoms with van der Waals surface area (Å²) in [5, 5.41) is 0. The lowest BCUT2D eigenvalue weighted by molar-refractivity contribution is -0.141. The van der Waals surface area contributed by atoms with E-state index in [9.17, 15) is 4.79 Å². The standard InChI is InChI=1S/C15H29N3O/c1-3-13-11-18(9-8-17(13)2)15(19)14-7-5-4-6-12(14)10-16/h12-14H,3-11,16H2,1-2H3. The van der Waals surface area contributed by atoms with Gasteiger partial charge in [0.05, 0.1) is 0 Å². The number of nitrogens with zero attached hydrogens (tertiary/aromatic N) is 2. The summed E-state index contributed by atoms with van der Waals surface area (Å²) in [6.45, 7) is 5.67. The Bertz CT molecular complexity index is 308. The van der Waals surface area contributed by atoms with E-state index < -0.39 is 0 Å². The molecule has 3 atom stereocenters. The average Bonchev–Trinajstić information content (AvgIpc) is 2.47. The fourth-order valence-electron chi connectivity index (χ4n) is 3.64. The second kappa shape index (κ2) is 6.71. The highest BCUT2D eigenvalue weighted by Crippen LogP contribution is 2.31. The van der Waals surface area contributed by atoms with Gasteiger partial charge in [-0.05, 0) is 38.8 Å². The first-order valence-corrected chi connectivity index (χ1v) is 7.86. The van der Waals surface area contributed by atoms with Crippen LogP contribution in [0.5, 0.6) is 0 Å². The number of carbonyl (C=O) groups is 1. The minimum Gasteiger partial charge on any atom is -0.340 e. The number of hydrogen-bond acceptors (Lipinski definition) is 3. The van der Waals surface area contributed by atoms with Crippen molar-refractivity contribution in [3.63, 3.8) is 0 Å². The van der Waals surface area contributed by atoms with E-state index in [4.69, 9.17) is 5.73 Å². The molecule has 1 aliphatic carbocycles. The minimum atomic E-state index is 0.194. The van der Waals surface area contributed by atoms with Crippen molar-refractivity contribution in [3.8, 4) is 0 Å². The van der Waals surface area contributed by atoms with Gasteiger partial charge in [-0.15, -0.1) is 0 Å². The van der Waals surface area contributed by atoms with Crippen LogP contribution in [0.15, 0.2) is 0 Å². The number of carbonyl (C=O) groups excluding carboxylic acids is 1. The number of likely N-dealkylation sites (N-methyl/N-ethyl adjacent to an activating group) is 1. The Morgan fingerprint density at radius 1 is 1.26 bits per heavy atom. The molecular weight excluding hydrogens is 238 g/mol. The van der Waals surface area contributed by atoms with Gasteiger partial charge in [-0.3, -0.25) is 9.69 Å². The topological polar surface area (TPSA) is 49.6 Å². The van der Waals surface area contributed by atoms with Crippen molar-refractivity contribution in [2.45, 2.75) is 45.1 Å². The fraction of sp³-hybridized carbons (Fsp3) is 0.933. The van der Waals surface area contributed by atoms with E-state index in [0.717, 1.165) is 38.9 Å². The van der Waals surface area contributed by atoms with Crippen LogP contribution in [0, 0.1) is 11.8 Å². The van der Waals surface area contributed by atoms with Gasteiger partial charge in [0, 0.05) is 31.6 Å². The van der Waals surface area contributed by atoms with Crippen LogP contribution in [0.3, 0.4) is 0 Å². The summed E-state index contributed by atoms with van der Waals surface area (Å²) in [6.07, 6.45) is 5.73. The second-order valence-electron chi connectivity index (χ2n) is 6.21. The van der Waals surface area contributed by atoms with Crippen molar-refractivity contribution < 1.29 is 4.79 Å². The average molecular weight is 267 g/mol. The van der Waals surface area contributed by atoms with Crippen LogP contribution in [0.2, 0.25) is 0 Å². The number of hydrogen-bond donors (Lipinski definition) is 1. The van der Waals surface area contributed by atoms with Crippen LogP contribution in [-0.4, -0.2) is 55.0 Å². The lowest BCUT2D eigenvalue weighted by Gasteiger charge is -2.42. The van der Waals surface area contributed by atoms with Crippen LogP contribution in [0.4, 0.5) is 0 Å². The van der Waals surface area contributed by atoms with E-state index in [1.807, 2.05) is 0 Å². The van der Waals surface area contributed by atoms with E-state index in [0.29, 0.717) is 24.4 Å². The summed E-state index contributed by atoms with van der Waals surface area (Å²) in [7, 11) is 2.17. The Balaban J connectivity index is 1.98. The summed E-state index contributed by atoms with van der Waals surface area (Å²) in [5.41, 5.74) is 5.86. The normalized spacial score (nSPS) is 33.4. The fourth-order valence-corrected chi connectivity index (χ4v) is 3.64. The maximum Gasteiger partial charge on any atom is 0.226 e. The molecule has 0 aromatic heterocycles. The molecule has 0 bridgehead atoms. The van der Waals surface area contributed by atoms with Gasteiger partial charge >= 0.3 is 0 Å². The third-order valence-electron chi connectivity index (χ3n) is 5.09. The molecule has 2 rings (SSSR count). The highest BCUT2D eigenvalue weighted by atomic mass is 16.2. The zero-order chi connectivity index (χ0) is 13.8. The van der Waals surface area contributed by atoms with Crippen molar-refractivity contribution in [1.29, 1.82) is 0 Å². The van der Waals surface area contributed by atoms with Gasteiger partial charge in [-0.1, -0.05) is 19.8 Å². The maximum atomic E-state index is 12.7. The second-order valence-corrected chi connectivity index (χ2v) is 6.21. The zero-order valence-corrected chi connectivity index (χ0v) is 12.5. The molecular formula is C15H29N3O. The smallest absolute Gasteiger partial charge is 0.226 e. The Kier molecular flexibility index (Phi) is 5.22. The molecule has 0 aromatic carbocycles. The molecule has 2 aliphatic rings. The van der Waals surface area contributed by atoms with Crippen molar-refractivity contribution >= 4 is 5.91 Å². The molecule has 3 unspecified atom stereocenters. The molecule has 2 N–H and O–H groups in total. The first-order chi connectivity index (χ1) is 9.17. The Morgan fingerprint density at radius 3 is 2.68 bits per heavy atom. The lowest BCUT2D eigenvalue weighted by atomic mass is 9.78. The van der Waals surface area contributed by atoms with Crippen LogP contribution in [-0.2, 0) is 4.79 Å². The molecule has 4 nitrogen and oxygen atoms in total. The minimum absolute atomic E-state index is 0.194. The quantitative estimate of drug-likeness (QED) is 0.838. The Morgan fingerprint density at radius 2 is 2.00 bits per heavy atom. The third-order valence-corrected chi connectivity index (χ3v) is 5.09. The van der Waals surface area contributed by atoms with Crippen molar-refractivity contribution in [3.05, 3.63) is 0 Å². The van der Waals surface area contributed by atoms with Crippen molar-refractivity contribution in [2.24, 2.45) is 17.6 Å². The molecule has 0 spiro atoms. The Labute approximate surface area is 117 Å². The first-order valence-electron chi connectivity index (χ1n) is 7.86. The highest BCUT2D eigenvalue weighted by Gasteiger charge is 2.35. The van der Waals surface area contributed by atoms with E-state index >= 15 is 0 Å². The lowest BCUT2D eigenvalue weighted by Crippen LogP contribution is -2.55. The molecule has 19 heavy (non-hydrogen) atoms. The van der Waals surface area contributed by atoms with E-state index in [1.54, 1.807) is 0 Å². The molecule has 0 aromatic rings. The SMILES string of the molecule is CCC1CN(C(=O)C2CCCCC2CN)CCN1C. The van der Waals surface area contributed by atoms with Gasteiger partial charge in [0.15, 0.2) is 0 Å². The molecule has 1 amide bonds. The molecule has 1 saturated carbocycles. The largest absolute Gasteiger partial charge is 0.340 e. The summed E-state index contributed by atoms with van der Waals surface area (Å²) >= 11 is 0. The van der Waals surface area contributed by atoms with E-state index in [2.05, 4.69) is 23.8 Å². The highest BCUT2D eigenvalue weighted by molar-refractivity contribution is 5.79. The summed E-state index contributed by atoms with van der Waals surface area (Å²) < 4.78 is 0. The first kappa shape index (κ1) is 14.8. The van der Waals surface area contributed by atoms with Gasteiger partial charge in [-0.25, -0.2) is 0 Å². The maximum absolute atomic E-state index is 12.7. The number of rotatable bonds is 3. The van der Waals surface area contributed by atoms with Gasteiger partial charge in [-0.2, -0.15) is 0 Å². The van der Waals surface area contributed by atoms with Gasteiger partial charge in [0.2, 0.25) is 5.91 Å². The van der Waals surface area contributed by atoms with Crippen molar-refractivity contribution in [2.75, 3.05) is 33.2 Å². The third kappa shape index (κ3) is 3.29. The van der Waals surface area contributed by atoms with Crippen molar-refractivity contribution in [1.82, 2.24) is 9.80 Å². The predicted molar refractivity (Wildman–Crippen MR) is 77.8 cm³/mol. The molecule has 1 saturated heterocycles. The Hall–Kier alpha value is -0.610. The molecule has 1 heterocycles. The number of amides is 1. The van der Waals surface area contributed by atoms with Crippen LogP contribution < -0.4 is 5.73 Å². The van der Waals surface area contributed by atoms with Crippen LogP contribution in [0.25, 0.3) is 0 Å². The molecule has 110 valence electrons. The summed E-state index contributed by atoms with van der Waals surface area (Å²) in [6, 6.07) is 0.526. The summed E-state index contributed by atoms with van der Waals surface area (Å²) in [5.74, 6) is 0.988. The van der Waals surface area contributed by atoms with Gasteiger partial charge < -0.3 is 10.6 Å².